The van der Waals surface area contributed by atoms with E-state index < -0.39 is 12.4 Å². The van der Waals surface area contributed by atoms with E-state index in [4.69, 9.17) is 0 Å². The number of carbonyl (C=O) groups excluding carboxylic acids is 2. The second kappa shape index (κ2) is 11.2. The van der Waals surface area contributed by atoms with E-state index in [0.717, 1.165) is 11.1 Å². The molecule has 4 rings (SSSR count). The summed E-state index contributed by atoms with van der Waals surface area (Å²) in [6.45, 7) is 3.25. The number of anilines is 2. The van der Waals surface area contributed by atoms with Crippen LogP contribution in [0.25, 0.3) is 0 Å². The number of nitrogens with zero attached hydrogens (tertiary/aromatic N) is 2. The molecule has 0 atom stereocenters. The zero-order chi connectivity index (χ0) is 26.4. The van der Waals surface area contributed by atoms with E-state index in [1.807, 2.05) is 43.3 Å². The van der Waals surface area contributed by atoms with E-state index in [0.29, 0.717) is 43.0 Å². The van der Waals surface area contributed by atoms with Gasteiger partial charge in [-0.05, 0) is 54.3 Å². The lowest BCUT2D eigenvalue weighted by Gasteiger charge is -2.36. The molecule has 0 spiro atoms. The molecular formula is C27H27F3N4O3. The molecule has 194 valence electrons. The number of halogens is 3. The van der Waals surface area contributed by atoms with Gasteiger partial charge in [0.05, 0.1) is 11.4 Å². The summed E-state index contributed by atoms with van der Waals surface area (Å²) in [5.41, 5.74) is 3.41. The molecule has 10 heteroatoms. The third-order valence-corrected chi connectivity index (χ3v) is 5.80. The van der Waals surface area contributed by atoms with Gasteiger partial charge in [0.15, 0.2) is 0 Å². The number of alkyl halides is 3. The highest BCUT2D eigenvalue weighted by atomic mass is 19.4. The van der Waals surface area contributed by atoms with Gasteiger partial charge in [-0.3, -0.25) is 4.90 Å². The zero-order valence-electron chi connectivity index (χ0n) is 20.2. The van der Waals surface area contributed by atoms with Crippen LogP contribution < -0.4 is 20.3 Å². The van der Waals surface area contributed by atoms with Crippen molar-refractivity contribution in [1.82, 2.24) is 10.2 Å². The molecule has 1 saturated heterocycles. The predicted molar refractivity (Wildman–Crippen MR) is 134 cm³/mol. The van der Waals surface area contributed by atoms with Gasteiger partial charge in [-0.1, -0.05) is 48.5 Å². The summed E-state index contributed by atoms with van der Waals surface area (Å²) in [5.74, 6) is -0.335. The first-order valence-corrected chi connectivity index (χ1v) is 11.8. The molecule has 0 bridgehead atoms. The van der Waals surface area contributed by atoms with Crippen LogP contribution in [0.1, 0.15) is 23.1 Å². The topological polar surface area (TPSA) is 73.9 Å². The van der Waals surface area contributed by atoms with Crippen LogP contribution in [0.5, 0.6) is 5.75 Å². The number of ether oxygens (including phenoxy) is 1. The fourth-order valence-electron chi connectivity index (χ4n) is 4.14. The summed E-state index contributed by atoms with van der Waals surface area (Å²) < 4.78 is 41.8. The third kappa shape index (κ3) is 7.16. The quantitative estimate of drug-likeness (QED) is 0.405. The number of benzene rings is 3. The Bertz CT molecular complexity index is 1250. The molecule has 3 aromatic carbocycles. The standard InChI is InChI=1S/C27H27F3N4O3/c1-19-11-12-24(23(15-19)32-25(35)31-17-20-7-3-2-4-8-20)34-14-6-13-33(26(34)36)18-21-9-5-10-22(16-21)37-27(28,29)30/h2-5,7-12,15-16H,6,13-14,17-18H2,1H3,(H2,31,32,35). The van der Waals surface area contributed by atoms with Gasteiger partial charge in [-0.25, -0.2) is 9.59 Å². The molecule has 1 heterocycles. The van der Waals surface area contributed by atoms with E-state index in [1.54, 1.807) is 28.0 Å². The Morgan fingerprint density at radius 2 is 1.73 bits per heavy atom. The zero-order valence-corrected chi connectivity index (χ0v) is 20.2. The summed E-state index contributed by atoms with van der Waals surface area (Å²) in [6.07, 6.45) is -4.14. The number of nitrogens with one attached hydrogen (secondary N) is 2. The van der Waals surface area contributed by atoms with Crippen molar-refractivity contribution in [3.63, 3.8) is 0 Å². The van der Waals surface area contributed by atoms with Crippen LogP contribution in [0.3, 0.4) is 0 Å². The Balaban J connectivity index is 1.47. The third-order valence-electron chi connectivity index (χ3n) is 5.80. The average molecular weight is 513 g/mol. The van der Waals surface area contributed by atoms with Gasteiger partial charge in [0, 0.05) is 26.2 Å². The molecule has 0 saturated carbocycles. The Hall–Kier alpha value is -4.21. The molecule has 0 radical (unpaired) electrons. The highest BCUT2D eigenvalue weighted by Gasteiger charge is 2.32. The lowest BCUT2D eigenvalue weighted by Crippen LogP contribution is -2.49. The van der Waals surface area contributed by atoms with Gasteiger partial charge in [-0.15, -0.1) is 13.2 Å². The number of urea groups is 2. The molecule has 0 aromatic heterocycles. The fourth-order valence-corrected chi connectivity index (χ4v) is 4.14. The van der Waals surface area contributed by atoms with Crippen molar-refractivity contribution >= 4 is 23.4 Å². The number of aryl methyl sites for hydroxylation is 1. The van der Waals surface area contributed by atoms with Crippen molar-refractivity contribution in [3.05, 3.63) is 89.5 Å². The molecule has 1 aliphatic heterocycles. The smallest absolute Gasteiger partial charge is 0.406 e. The van der Waals surface area contributed by atoms with E-state index >= 15 is 0 Å². The Morgan fingerprint density at radius 3 is 2.49 bits per heavy atom. The van der Waals surface area contributed by atoms with Crippen LogP contribution in [0.15, 0.2) is 72.8 Å². The van der Waals surface area contributed by atoms with Crippen molar-refractivity contribution in [3.8, 4) is 5.75 Å². The van der Waals surface area contributed by atoms with Crippen molar-refractivity contribution < 1.29 is 27.5 Å². The van der Waals surface area contributed by atoms with Crippen molar-refractivity contribution in [2.75, 3.05) is 23.3 Å². The first kappa shape index (κ1) is 25.9. The molecule has 1 aliphatic rings. The van der Waals surface area contributed by atoms with E-state index in [1.165, 1.54) is 18.2 Å². The number of hydrogen-bond acceptors (Lipinski definition) is 3. The maximum atomic E-state index is 13.4. The second-order valence-electron chi connectivity index (χ2n) is 8.72. The lowest BCUT2D eigenvalue weighted by molar-refractivity contribution is -0.274. The summed E-state index contributed by atoms with van der Waals surface area (Å²) in [6, 6.07) is 19.8. The summed E-state index contributed by atoms with van der Waals surface area (Å²) in [4.78, 5) is 29.2. The number of rotatable bonds is 7. The monoisotopic (exact) mass is 512 g/mol. The minimum Gasteiger partial charge on any atom is -0.406 e. The maximum Gasteiger partial charge on any atom is 0.573 e. The molecule has 7 nitrogen and oxygen atoms in total. The first-order chi connectivity index (χ1) is 17.7. The molecule has 0 aliphatic carbocycles. The van der Waals surface area contributed by atoms with Gasteiger partial charge in [0.2, 0.25) is 0 Å². The molecule has 37 heavy (non-hydrogen) atoms. The Kier molecular flexibility index (Phi) is 7.86. The minimum absolute atomic E-state index is 0.122. The van der Waals surface area contributed by atoms with Crippen LogP contribution in [0.2, 0.25) is 0 Å². The van der Waals surface area contributed by atoms with Crippen molar-refractivity contribution in [1.29, 1.82) is 0 Å². The van der Waals surface area contributed by atoms with Crippen molar-refractivity contribution in [2.24, 2.45) is 0 Å². The molecular weight excluding hydrogens is 485 g/mol. The van der Waals surface area contributed by atoms with E-state index in [2.05, 4.69) is 15.4 Å². The summed E-state index contributed by atoms with van der Waals surface area (Å²) in [5, 5.41) is 5.66. The molecule has 1 fully saturated rings. The average Bonchev–Trinajstić information content (AvgIpc) is 2.84. The SMILES string of the molecule is Cc1ccc(N2CCCN(Cc3cccc(OC(F)(F)F)c3)C2=O)c(NC(=O)NCc2ccccc2)c1. The van der Waals surface area contributed by atoms with E-state index in [-0.39, 0.29) is 18.3 Å². The first-order valence-electron chi connectivity index (χ1n) is 11.8. The van der Waals surface area contributed by atoms with Crippen LogP contribution in [0, 0.1) is 6.92 Å². The highest BCUT2D eigenvalue weighted by molar-refractivity contribution is 6.00. The van der Waals surface area contributed by atoms with Gasteiger partial charge >= 0.3 is 18.4 Å². The fraction of sp³-hybridized carbons (Fsp3) is 0.259. The van der Waals surface area contributed by atoms with Gasteiger partial charge in [0.25, 0.3) is 0 Å². The number of carbonyl (C=O) groups is 2. The Morgan fingerprint density at radius 1 is 0.973 bits per heavy atom. The summed E-state index contributed by atoms with van der Waals surface area (Å²) in [7, 11) is 0. The normalized spacial score (nSPS) is 13.9. The van der Waals surface area contributed by atoms with Crippen LogP contribution in [0.4, 0.5) is 34.1 Å². The van der Waals surface area contributed by atoms with Crippen LogP contribution >= 0.6 is 0 Å². The summed E-state index contributed by atoms with van der Waals surface area (Å²) >= 11 is 0. The minimum atomic E-state index is -4.79. The second-order valence-corrected chi connectivity index (χ2v) is 8.72. The molecule has 2 N–H and O–H groups in total. The van der Waals surface area contributed by atoms with Gasteiger partial charge in [0.1, 0.15) is 5.75 Å². The largest absolute Gasteiger partial charge is 0.573 e. The molecule has 0 unspecified atom stereocenters. The lowest BCUT2D eigenvalue weighted by atomic mass is 10.1. The van der Waals surface area contributed by atoms with Crippen LogP contribution in [-0.2, 0) is 13.1 Å². The van der Waals surface area contributed by atoms with Gasteiger partial charge < -0.3 is 20.3 Å². The van der Waals surface area contributed by atoms with Crippen LogP contribution in [-0.4, -0.2) is 36.4 Å². The van der Waals surface area contributed by atoms with E-state index in [9.17, 15) is 22.8 Å². The van der Waals surface area contributed by atoms with Crippen molar-refractivity contribution in [2.45, 2.75) is 32.8 Å². The van der Waals surface area contributed by atoms with Gasteiger partial charge in [-0.2, -0.15) is 0 Å². The Labute approximate surface area is 212 Å². The molecule has 4 amide bonds. The number of amides is 4. The highest BCUT2D eigenvalue weighted by Crippen LogP contribution is 2.31. The maximum absolute atomic E-state index is 13.4. The predicted octanol–water partition coefficient (Wildman–Crippen LogP) is 6.05. The number of hydrogen-bond donors (Lipinski definition) is 2. The molecule has 3 aromatic rings.